The fourth-order valence-corrected chi connectivity index (χ4v) is 5.11. The predicted octanol–water partition coefficient (Wildman–Crippen LogP) is 4.55. The summed E-state index contributed by atoms with van der Waals surface area (Å²) in [6.45, 7) is 3.93. The Morgan fingerprint density at radius 3 is 2.51 bits per heavy atom. The fraction of sp³-hybridized carbons (Fsp3) is 0.258. The molecule has 0 bridgehead atoms. The number of nitrogens with zero attached hydrogens (tertiary/aromatic N) is 2. The number of hydrogen-bond acceptors (Lipinski definition) is 6. The summed E-state index contributed by atoms with van der Waals surface area (Å²) in [5, 5.41) is 29.3. The summed E-state index contributed by atoms with van der Waals surface area (Å²) in [7, 11) is -1.68. The van der Waals surface area contributed by atoms with Crippen molar-refractivity contribution in [1.29, 1.82) is 0 Å². The summed E-state index contributed by atoms with van der Waals surface area (Å²) < 4.78 is 0. The van der Waals surface area contributed by atoms with Crippen LogP contribution < -0.4 is 5.32 Å². The van der Waals surface area contributed by atoms with Gasteiger partial charge in [0.1, 0.15) is 0 Å². The van der Waals surface area contributed by atoms with Gasteiger partial charge in [0.2, 0.25) is 5.60 Å². The van der Waals surface area contributed by atoms with Gasteiger partial charge >= 0.3 is 7.12 Å². The maximum atomic E-state index is 13.7. The molecule has 0 saturated heterocycles. The van der Waals surface area contributed by atoms with Crippen LogP contribution in [0, 0.1) is 5.92 Å². The highest BCUT2D eigenvalue weighted by molar-refractivity contribution is 6.43. The highest BCUT2D eigenvalue weighted by Crippen LogP contribution is 2.33. The summed E-state index contributed by atoms with van der Waals surface area (Å²) in [6.07, 6.45) is 2.74. The number of fused-ring (bicyclic) bond motifs is 1. The van der Waals surface area contributed by atoms with Crippen molar-refractivity contribution in [3.63, 3.8) is 0 Å². The molecule has 4 aromatic rings. The molecule has 7 nitrogen and oxygen atoms in total. The first-order valence-corrected chi connectivity index (χ1v) is 13.3. The molecule has 1 aliphatic rings. The normalized spacial score (nSPS) is 17.5. The van der Waals surface area contributed by atoms with Crippen molar-refractivity contribution >= 4 is 29.5 Å². The summed E-state index contributed by atoms with van der Waals surface area (Å²) >= 11 is 0. The van der Waals surface area contributed by atoms with Gasteiger partial charge in [-0.25, -0.2) is 0 Å². The summed E-state index contributed by atoms with van der Waals surface area (Å²) in [5.41, 5.74) is 2.89. The van der Waals surface area contributed by atoms with Crippen LogP contribution in [-0.2, 0) is 16.1 Å². The molecule has 0 radical (unpaired) electrons. The minimum absolute atomic E-state index is 0.156. The quantitative estimate of drug-likeness (QED) is 0.281. The van der Waals surface area contributed by atoms with Crippen molar-refractivity contribution < 1.29 is 19.7 Å². The predicted molar refractivity (Wildman–Crippen MR) is 154 cm³/mol. The van der Waals surface area contributed by atoms with E-state index >= 15 is 0 Å². The Hall–Kier alpha value is -4.01. The number of carbonyl (C=O) groups is 1. The van der Waals surface area contributed by atoms with Gasteiger partial charge in [0.05, 0.1) is 17.3 Å². The van der Waals surface area contributed by atoms with Gasteiger partial charge < -0.3 is 20.2 Å². The SMILES string of the molecule is CC(C)C[C@H](NC(=O)C1(Cc2ccccc2)CC(c2cccc(-c3nccc4ccccc34)c2)=NO1)B(O)O. The lowest BCUT2D eigenvalue weighted by Crippen LogP contribution is -2.56. The largest absolute Gasteiger partial charge is 0.475 e. The van der Waals surface area contributed by atoms with E-state index in [0.29, 0.717) is 12.1 Å². The molecule has 1 aliphatic heterocycles. The summed E-state index contributed by atoms with van der Waals surface area (Å²) in [6, 6.07) is 27.7. The van der Waals surface area contributed by atoms with Crippen molar-refractivity contribution in [3.8, 4) is 11.3 Å². The van der Waals surface area contributed by atoms with Gasteiger partial charge in [0, 0.05) is 35.6 Å². The molecule has 3 N–H and O–H groups in total. The zero-order valence-electron chi connectivity index (χ0n) is 22.1. The highest BCUT2D eigenvalue weighted by atomic mass is 16.7. The standard InChI is InChI=1S/C31H32BN3O4/c1-21(2)17-28(32(37)38)34-30(36)31(19-22-9-4-3-5-10-22)20-27(35-39-31)24-12-8-13-25(18-24)29-26-14-7-6-11-23(26)15-16-33-29/h3-16,18,21,28,37-38H,17,19-20H2,1-2H3,(H,34,36)/t28-,31?/m0/s1. The minimum atomic E-state index is -1.68. The molecule has 0 saturated carbocycles. The minimum Gasteiger partial charge on any atom is -0.426 e. The average Bonchev–Trinajstić information content (AvgIpc) is 3.38. The molecule has 1 amide bonds. The number of hydrogen-bond donors (Lipinski definition) is 3. The molecular weight excluding hydrogens is 489 g/mol. The zero-order chi connectivity index (χ0) is 27.4. The fourth-order valence-electron chi connectivity index (χ4n) is 5.11. The Kier molecular flexibility index (Phi) is 7.77. The molecular formula is C31H32BN3O4. The molecule has 5 rings (SSSR count). The van der Waals surface area contributed by atoms with E-state index in [1.165, 1.54) is 0 Å². The van der Waals surface area contributed by atoms with Gasteiger partial charge in [-0.1, -0.05) is 91.8 Å². The second-order valence-electron chi connectivity index (χ2n) is 10.5. The van der Waals surface area contributed by atoms with E-state index in [1.54, 1.807) is 6.20 Å². The van der Waals surface area contributed by atoms with Crippen LogP contribution >= 0.6 is 0 Å². The Bertz CT molecular complexity index is 1490. The van der Waals surface area contributed by atoms with Crippen molar-refractivity contribution in [2.24, 2.45) is 11.1 Å². The number of rotatable bonds is 9. The number of pyridine rings is 1. The van der Waals surface area contributed by atoms with Crippen molar-refractivity contribution in [2.75, 3.05) is 0 Å². The van der Waals surface area contributed by atoms with Gasteiger partial charge in [0.15, 0.2) is 0 Å². The molecule has 0 spiro atoms. The Balaban J connectivity index is 1.45. The third-order valence-corrected chi connectivity index (χ3v) is 7.07. The molecule has 0 fully saturated rings. The molecule has 2 atom stereocenters. The van der Waals surface area contributed by atoms with Gasteiger partial charge in [-0.2, -0.15) is 0 Å². The lowest BCUT2D eigenvalue weighted by atomic mass is 9.74. The molecule has 1 aromatic heterocycles. The summed E-state index contributed by atoms with van der Waals surface area (Å²) in [4.78, 5) is 24.4. The van der Waals surface area contributed by atoms with E-state index in [4.69, 9.17) is 4.84 Å². The Labute approximate surface area is 228 Å². The van der Waals surface area contributed by atoms with Crippen LogP contribution in [0.25, 0.3) is 22.0 Å². The van der Waals surface area contributed by atoms with E-state index < -0.39 is 24.6 Å². The van der Waals surface area contributed by atoms with Crippen LogP contribution in [-0.4, -0.2) is 45.3 Å². The van der Waals surface area contributed by atoms with E-state index in [9.17, 15) is 14.8 Å². The Morgan fingerprint density at radius 1 is 1.00 bits per heavy atom. The third kappa shape index (κ3) is 5.87. The van der Waals surface area contributed by atoms with Gasteiger partial charge in [-0.05, 0) is 35.4 Å². The molecule has 3 aromatic carbocycles. The number of carbonyl (C=O) groups excluding carboxylic acids is 1. The van der Waals surface area contributed by atoms with Crippen LogP contribution in [0.3, 0.4) is 0 Å². The number of aromatic nitrogens is 1. The molecule has 39 heavy (non-hydrogen) atoms. The molecule has 0 aliphatic carbocycles. The number of amides is 1. The van der Waals surface area contributed by atoms with Crippen LogP contribution in [0.15, 0.2) is 96.3 Å². The monoisotopic (exact) mass is 521 g/mol. The van der Waals surface area contributed by atoms with Crippen LogP contribution in [0.1, 0.15) is 37.8 Å². The molecule has 2 heterocycles. The van der Waals surface area contributed by atoms with Crippen molar-refractivity contribution in [2.45, 2.75) is 44.7 Å². The van der Waals surface area contributed by atoms with Gasteiger partial charge in [-0.3, -0.25) is 9.78 Å². The van der Waals surface area contributed by atoms with E-state index in [1.807, 2.05) is 86.6 Å². The summed E-state index contributed by atoms with van der Waals surface area (Å²) in [5.74, 6) is -1.09. The van der Waals surface area contributed by atoms with Crippen LogP contribution in [0.4, 0.5) is 0 Å². The lowest BCUT2D eigenvalue weighted by Gasteiger charge is -2.29. The first-order chi connectivity index (χ1) is 18.8. The smallest absolute Gasteiger partial charge is 0.426 e. The van der Waals surface area contributed by atoms with Gasteiger partial charge in [0.25, 0.3) is 5.91 Å². The van der Waals surface area contributed by atoms with E-state index in [2.05, 4.69) is 27.6 Å². The average molecular weight is 521 g/mol. The third-order valence-electron chi connectivity index (χ3n) is 7.07. The second-order valence-corrected chi connectivity index (χ2v) is 10.5. The zero-order valence-corrected chi connectivity index (χ0v) is 22.1. The maximum absolute atomic E-state index is 13.7. The number of oxime groups is 1. The molecule has 198 valence electrons. The maximum Gasteiger partial charge on any atom is 0.475 e. The van der Waals surface area contributed by atoms with E-state index in [-0.39, 0.29) is 18.8 Å². The van der Waals surface area contributed by atoms with Crippen molar-refractivity contribution in [1.82, 2.24) is 10.3 Å². The highest BCUT2D eigenvalue weighted by Gasteiger charge is 2.48. The number of nitrogens with one attached hydrogen (secondary N) is 1. The van der Waals surface area contributed by atoms with E-state index in [0.717, 1.165) is 33.2 Å². The molecule has 8 heteroatoms. The van der Waals surface area contributed by atoms with Gasteiger partial charge in [-0.15, -0.1) is 0 Å². The lowest BCUT2D eigenvalue weighted by molar-refractivity contribution is -0.144. The second kappa shape index (κ2) is 11.4. The van der Waals surface area contributed by atoms with Crippen LogP contribution in [0.5, 0.6) is 0 Å². The first kappa shape index (κ1) is 26.6. The topological polar surface area (TPSA) is 104 Å². The number of benzene rings is 3. The first-order valence-electron chi connectivity index (χ1n) is 13.3. The van der Waals surface area contributed by atoms with Crippen molar-refractivity contribution in [3.05, 3.63) is 102 Å². The van der Waals surface area contributed by atoms with Crippen LogP contribution in [0.2, 0.25) is 0 Å². The molecule has 1 unspecified atom stereocenters. The Morgan fingerprint density at radius 2 is 1.74 bits per heavy atom.